The number of amides is 2. The second-order valence-corrected chi connectivity index (χ2v) is 9.21. The van der Waals surface area contributed by atoms with Gasteiger partial charge in [-0.3, -0.25) is 9.59 Å². The minimum absolute atomic E-state index is 0.0617. The molecular weight excluding hydrogens is 466 g/mol. The van der Waals surface area contributed by atoms with Crippen LogP contribution in [0.4, 0.5) is 11.4 Å². The summed E-state index contributed by atoms with van der Waals surface area (Å²) in [5.41, 5.74) is 2.18. The molecule has 1 aromatic heterocycles. The van der Waals surface area contributed by atoms with Gasteiger partial charge in [0.2, 0.25) is 11.8 Å². The summed E-state index contributed by atoms with van der Waals surface area (Å²) in [6, 6.07) is 12.9. The number of para-hydroxylation sites is 2. The summed E-state index contributed by atoms with van der Waals surface area (Å²) in [6.07, 6.45) is -0.385. The molecule has 2 N–H and O–H groups in total. The molecule has 1 unspecified atom stereocenters. The van der Waals surface area contributed by atoms with Crippen LogP contribution in [0, 0.1) is 6.92 Å². The molecule has 1 heterocycles. The number of nitrogens with zero attached hydrogens (tertiary/aromatic N) is 3. The fourth-order valence-electron chi connectivity index (χ4n) is 3.46. The quantitative estimate of drug-likeness (QED) is 0.379. The van der Waals surface area contributed by atoms with Crippen LogP contribution in [0.1, 0.15) is 51.2 Å². The van der Waals surface area contributed by atoms with Gasteiger partial charge in [0.1, 0.15) is 0 Å². The van der Waals surface area contributed by atoms with Crippen molar-refractivity contribution in [3.8, 4) is 11.5 Å². The average Bonchev–Trinajstić information content (AvgIpc) is 3.24. The lowest BCUT2D eigenvalue weighted by molar-refractivity contribution is -0.114. The lowest BCUT2D eigenvalue weighted by Gasteiger charge is -2.19. The maximum atomic E-state index is 12.6. The Balaban J connectivity index is 1.69. The molecule has 3 rings (SSSR count). The molecule has 0 aliphatic carbocycles. The molecule has 10 heteroatoms. The van der Waals surface area contributed by atoms with E-state index in [0.29, 0.717) is 33.9 Å². The van der Waals surface area contributed by atoms with Crippen molar-refractivity contribution in [2.45, 2.75) is 51.9 Å². The minimum atomic E-state index is -0.385. The molecule has 186 valence electrons. The Morgan fingerprint density at radius 3 is 2.43 bits per heavy atom. The number of hydrogen-bond donors (Lipinski definition) is 2. The molecule has 3 aromatic rings. The summed E-state index contributed by atoms with van der Waals surface area (Å²) < 4.78 is 13.5. The zero-order chi connectivity index (χ0) is 25.5. The van der Waals surface area contributed by atoms with Crippen LogP contribution in [-0.4, -0.2) is 39.4 Å². The van der Waals surface area contributed by atoms with E-state index in [2.05, 4.69) is 20.8 Å². The lowest BCUT2D eigenvalue weighted by atomic mass is 10.2. The van der Waals surface area contributed by atoms with Gasteiger partial charge in [-0.25, -0.2) is 0 Å². The second kappa shape index (κ2) is 11.7. The van der Waals surface area contributed by atoms with Crippen molar-refractivity contribution in [2.75, 3.05) is 23.5 Å². The Kier molecular flexibility index (Phi) is 8.75. The first kappa shape index (κ1) is 26.1. The predicted octanol–water partition coefficient (Wildman–Crippen LogP) is 5.01. The smallest absolute Gasteiger partial charge is 0.234 e. The van der Waals surface area contributed by atoms with E-state index in [0.717, 1.165) is 5.56 Å². The molecule has 9 nitrogen and oxygen atoms in total. The van der Waals surface area contributed by atoms with Gasteiger partial charge in [-0.1, -0.05) is 30.0 Å². The Morgan fingerprint density at radius 1 is 1.06 bits per heavy atom. The van der Waals surface area contributed by atoms with E-state index in [1.165, 1.54) is 18.7 Å². The van der Waals surface area contributed by atoms with Crippen molar-refractivity contribution in [2.24, 2.45) is 0 Å². The van der Waals surface area contributed by atoms with E-state index >= 15 is 0 Å². The summed E-state index contributed by atoms with van der Waals surface area (Å²) in [5.74, 6) is 1.71. The normalized spacial score (nSPS) is 11.7. The minimum Gasteiger partial charge on any atom is -0.493 e. The van der Waals surface area contributed by atoms with E-state index in [9.17, 15) is 9.59 Å². The number of ether oxygens (including phenoxy) is 2. The number of anilines is 2. The van der Waals surface area contributed by atoms with Crippen LogP contribution in [0.2, 0.25) is 0 Å². The van der Waals surface area contributed by atoms with E-state index < -0.39 is 0 Å². The maximum absolute atomic E-state index is 12.6. The highest BCUT2D eigenvalue weighted by Gasteiger charge is 2.23. The first-order valence-electron chi connectivity index (χ1n) is 11.2. The Bertz CT molecular complexity index is 1190. The number of hydrogen-bond acceptors (Lipinski definition) is 7. The number of aryl methyl sites for hydroxylation is 1. The third-order valence-electron chi connectivity index (χ3n) is 5.11. The van der Waals surface area contributed by atoms with Crippen molar-refractivity contribution in [1.82, 2.24) is 14.8 Å². The van der Waals surface area contributed by atoms with E-state index in [4.69, 9.17) is 9.47 Å². The Hall–Kier alpha value is -3.53. The van der Waals surface area contributed by atoms with Gasteiger partial charge in [0.25, 0.3) is 0 Å². The van der Waals surface area contributed by atoms with Crippen LogP contribution < -0.4 is 20.1 Å². The zero-order valence-electron chi connectivity index (χ0n) is 20.8. The summed E-state index contributed by atoms with van der Waals surface area (Å²) in [7, 11) is 1.60. The van der Waals surface area contributed by atoms with Crippen molar-refractivity contribution >= 4 is 35.0 Å². The molecule has 0 saturated carbocycles. The van der Waals surface area contributed by atoms with Gasteiger partial charge >= 0.3 is 0 Å². The third-order valence-corrected chi connectivity index (χ3v) is 6.05. The number of rotatable bonds is 10. The largest absolute Gasteiger partial charge is 0.493 e. The predicted molar refractivity (Wildman–Crippen MR) is 137 cm³/mol. The molecule has 0 fully saturated rings. The van der Waals surface area contributed by atoms with Crippen LogP contribution in [0.15, 0.2) is 47.6 Å². The fourth-order valence-corrected chi connectivity index (χ4v) is 4.33. The number of thioether (sulfide) groups is 1. The van der Waals surface area contributed by atoms with Crippen LogP contribution in [0.5, 0.6) is 11.5 Å². The Labute approximate surface area is 209 Å². The lowest BCUT2D eigenvalue weighted by Crippen LogP contribution is -2.17. The summed E-state index contributed by atoms with van der Waals surface area (Å²) in [6.45, 7) is 9.30. The first-order valence-corrected chi connectivity index (χ1v) is 12.2. The molecule has 0 radical (unpaired) electrons. The van der Waals surface area contributed by atoms with Crippen molar-refractivity contribution in [1.29, 1.82) is 0 Å². The molecule has 1 atom stereocenters. The third kappa shape index (κ3) is 6.75. The van der Waals surface area contributed by atoms with Crippen LogP contribution >= 0.6 is 11.8 Å². The van der Waals surface area contributed by atoms with Crippen molar-refractivity contribution in [3.63, 3.8) is 0 Å². The zero-order valence-corrected chi connectivity index (χ0v) is 21.6. The monoisotopic (exact) mass is 497 g/mol. The number of aromatic nitrogens is 3. The standard InChI is InChI=1S/C25H31N5O4S/c1-15(2)30-24(17(4)34-22-10-8-7-9-21(22)33-6)28-29-25(30)35-14-23(32)27-19-12-11-16(3)20(13-19)26-18(5)31/h7-13,15,17H,14H2,1-6H3,(H,26,31)(H,27,32). The summed E-state index contributed by atoms with van der Waals surface area (Å²) >= 11 is 1.30. The van der Waals surface area contributed by atoms with Gasteiger partial charge in [0.05, 0.1) is 12.9 Å². The average molecular weight is 498 g/mol. The molecule has 0 spiro atoms. The van der Waals surface area contributed by atoms with Crippen molar-refractivity contribution < 1.29 is 19.1 Å². The van der Waals surface area contributed by atoms with Crippen LogP contribution in [0.3, 0.4) is 0 Å². The van der Waals surface area contributed by atoms with E-state index in [1.54, 1.807) is 19.2 Å². The number of methoxy groups -OCH3 is 1. The number of carbonyl (C=O) groups is 2. The second-order valence-electron chi connectivity index (χ2n) is 8.26. The van der Waals surface area contributed by atoms with Gasteiger partial charge in [0, 0.05) is 24.3 Å². The molecular formula is C25H31N5O4S. The van der Waals surface area contributed by atoms with Crippen molar-refractivity contribution in [3.05, 3.63) is 53.9 Å². The molecule has 0 bridgehead atoms. The van der Waals surface area contributed by atoms with E-state index in [-0.39, 0.29) is 29.7 Å². The van der Waals surface area contributed by atoms with Crippen LogP contribution in [-0.2, 0) is 9.59 Å². The highest BCUT2D eigenvalue weighted by molar-refractivity contribution is 7.99. The summed E-state index contributed by atoms with van der Waals surface area (Å²) in [4.78, 5) is 24.0. The highest BCUT2D eigenvalue weighted by Crippen LogP contribution is 2.32. The molecule has 0 aliphatic heterocycles. The van der Waals surface area contributed by atoms with Gasteiger partial charge in [-0.05, 0) is 57.5 Å². The molecule has 2 amide bonds. The summed E-state index contributed by atoms with van der Waals surface area (Å²) in [5, 5.41) is 14.9. The van der Waals surface area contributed by atoms with E-state index in [1.807, 2.05) is 62.6 Å². The SMILES string of the molecule is COc1ccccc1OC(C)c1nnc(SCC(=O)Nc2ccc(C)c(NC(C)=O)c2)n1C(C)C. The fraction of sp³-hybridized carbons (Fsp3) is 0.360. The highest BCUT2D eigenvalue weighted by atomic mass is 32.2. The molecule has 0 aliphatic rings. The van der Waals surface area contributed by atoms with Gasteiger partial charge < -0.3 is 24.7 Å². The van der Waals surface area contributed by atoms with Crippen LogP contribution in [0.25, 0.3) is 0 Å². The number of carbonyl (C=O) groups excluding carboxylic acids is 2. The first-order chi connectivity index (χ1) is 16.7. The molecule has 2 aromatic carbocycles. The molecule has 0 saturated heterocycles. The topological polar surface area (TPSA) is 107 Å². The van der Waals surface area contributed by atoms with Gasteiger partial charge in [-0.15, -0.1) is 10.2 Å². The van der Waals surface area contributed by atoms with Gasteiger partial charge in [-0.2, -0.15) is 0 Å². The number of benzene rings is 2. The maximum Gasteiger partial charge on any atom is 0.234 e. The molecule has 35 heavy (non-hydrogen) atoms. The Morgan fingerprint density at radius 2 is 1.77 bits per heavy atom. The van der Waals surface area contributed by atoms with Gasteiger partial charge in [0.15, 0.2) is 28.6 Å². The number of nitrogens with one attached hydrogen (secondary N) is 2.